The van der Waals surface area contributed by atoms with Crippen LogP contribution in [0.5, 0.6) is 0 Å². The lowest BCUT2D eigenvalue weighted by atomic mass is 10.2. The summed E-state index contributed by atoms with van der Waals surface area (Å²) in [6.07, 6.45) is 0. The summed E-state index contributed by atoms with van der Waals surface area (Å²) in [5.41, 5.74) is 1.08. The molecule has 86 valence electrons. The molecular weight excluding hydrogens is 291 g/mol. The maximum atomic E-state index is 12.7. The molecule has 2 N–H and O–H groups in total. The molecule has 0 saturated heterocycles. The van der Waals surface area contributed by atoms with E-state index in [0.29, 0.717) is 5.25 Å². The molecule has 5 heteroatoms. The molecule has 0 bridgehead atoms. The first-order valence-corrected chi connectivity index (χ1v) is 7.10. The van der Waals surface area contributed by atoms with Gasteiger partial charge in [-0.2, -0.15) is 0 Å². The molecule has 1 aromatic rings. The maximum absolute atomic E-state index is 12.7. The van der Waals surface area contributed by atoms with Gasteiger partial charge in [0.15, 0.2) is 0 Å². The average molecular weight is 304 g/mol. The zero-order valence-corrected chi connectivity index (χ0v) is 11.1. The van der Waals surface area contributed by atoms with Crippen LogP contribution in [0.1, 0.15) is 5.56 Å². The van der Waals surface area contributed by atoms with E-state index in [9.17, 15) is 4.39 Å². The molecule has 2 rings (SSSR count). The number of hydrogen-bond donors (Lipinski definition) is 2. The molecule has 1 unspecified atom stereocenters. The van der Waals surface area contributed by atoms with Crippen molar-refractivity contribution in [3.05, 3.63) is 35.6 Å². The normalized spacial score (nSPS) is 19.6. The van der Waals surface area contributed by atoms with E-state index in [0.717, 1.165) is 29.2 Å². The number of nitrogens with one attached hydrogen (secondary N) is 2. The molecule has 0 amide bonds. The van der Waals surface area contributed by atoms with Crippen molar-refractivity contribution in [2.24, 2.45) is 0 Å². The van der Waals surface area contributed by atoms with Crippen LogP contribution in [0.25, 0.3) is 0 Å². The second-order valence-electron chi connectivity index (χ2n) is 3.58. The summed E-state index contributed by atoms with van der Waals surface area (Å²) < 4.78 is 12.7. The van der Waals surface area contributed by atoms with Gasteiger partial charge < -0.3 is 0 Å². The molecule has 0 aliphatic carbocycles. The van der Waals surface area contributed by atoms with Crippen molar-refractivity contribution < 1.29 is 9.38 Å². The number of rotatable bonds is 3. The summed E-state index contributed by atoms with van der Waals surface area (Å²) in [6.45, 7) is 1.71. The van der Waals surface area contributed by atoms with Crippen LogP contribution >= 0.6 is 27.7 Å². The summed E-state index contributed by atoms with van der Waals surface area (Å²) in [7, 11) is 0. The molecule has 0 saturated carbocycles. The third kappa shape index (κ3) is 3.22. The van der Waals surface area contributed by atoms with E-state index in [2.05, 4.69) is 26.2 Å². The van der Waals surface area contributed by atoms with Gasteiger partial charge in [-0.3, -0.25) is 10.3 Å². The fraction of sp³-hybridized carbons (Fsp3) is 0.364. The number of alkyl halides is 1. The second-order valence-corrected chi connectivity index (χ2v) is 5.54. The highest BCUT2D eigenvalue weighted by Gasteiger charge is 2.22. The molecular formula is C11H13BrFN2S+. The van der Waals surface area contributed by atoms with Crippen LogP contribution < -0.4 is 10.3 Å². The van der Waals surface area contributed by atoms with Gasteiger partial charge in [-0.25, -0.2) is 4.39 Å². The van der Waals surface area contributed by atoms with Crippen LogP contribution in [0, 0.1) is 5.82 Å². The maximum Gasteiger partial charge on any atom is 0.304 e. The molecule has 16 heavy (non-hydrogen) atoms. The van der Waals surface area contributed by atoms with Gasteiger partial charge in [-0.05, 0) is 29.5 Å². The Morgan fingerprint density at radius 1 is 1.44 bits per heavy atom. The minimum Gasteiger partial charge on any atom is -0.268 e. The topological polar surface area (TPSA) is 26.0 Å². The molecule has 0 spiro atoms. The number of halogens is 2. The molecule has 1 atom stereocenters. The van der Waals surface area contributed by atoms with E-state index in [1.54, 1.807) is 23.9 Å². The Bertz CT molecular complexity index is 380. The summed E-state index contributed by atoms with van der Waals surface area (Å²) >= 11 is 5.27. The number of hydrogen-bond acceptors (Lipinski definition) is 2. The number of amidine groups is 1. The first-order chi connectivity index (χ1) is 7.78. The zero-order valence-electron chi connectivity index (χ0n) is 8.67. The van der Waals surface area contributed by atoms with E-state index in [4.69, 9.17) is 0 Å². The van der Waals surface area contributed by atoms with Gasteiger partial charge in [-0.1, -0.05) is 28.1 Å². The number of benzene rings is 1. The van der Waals surface area contributed by atoms with Crippen LogP contribution in [0.4, 0.5) is 4.39 Å². The van der Waals surface area contributed by atoms with Gasteiger partial charge in [-0.15, -0.1) is 0 Å². The largest absolute Gasteiger partial charge is 0.304 e. The fourth-order valence-electron chi connectivity index (χ4n) is 1.43. The van der Waals surface area contributed by atoms with Crippen LogP contribution in [-0.4, -0.2) is 22.3 Å². The lowest BCUT2D eigenvalue weighted by Gasteiger charge is -2.00. The van der Waals surface area contributed by atoms with Crippen LogP contribution in [0.2, 0.25) is 0 Å². The van der Waals surface area contributed by atoms with E-state index >= 15 is 0 Å². The van der Waals surface area contributed by atoms with Crippen molar-refractivity contribution in [2.45, 2.75) is 11.8 Å². The quantitative estimate of drug-likeness (QED) is 0.810. The van der Waals surface area contributed by atoms with E-state index < -0.39 is 0 Å². The standard InChI is InChI=1S/C11H12BrFN2S/c12-5-10-7-15-11(16-10)14-6-8-1-3-9(13)4-2-8/h1-4,10H,5-7H2,(H,14,15)/p+1. The molecule has 1 aliphatic heterocycles. The number of thioether (sulfide) groups is 1. The summed E-state index contributed by atoms with van der Waals surface area (Å²) in [5, 5.41) is 6.00. The minimum atomic E-state index is -0.191. The van der Waals surface area contributed by atoms with Crippen molar-refractivity contribution in [1.29, 1.82) is 0 Å². The molecule has 0 fully saturated rings. The van der Waals surface area contributed by atoms with E-state index in [-0.39, 0.29) is 5.82 Å². The molecule has 0 radical (unpaired) electrons. The van der Waals surface area contributed by atoms with Crippen LogP contribution in [0.3, 0.4) is 0 Å². The van der Waals surface area contributed by atoms with Crippen molar-refractivity contribution in [2.75, 3.05) is 11.9 Å². The highest BCUT2D eigenvalue weighted by molar-refractivity contribution is 9.09. The van der Waals surface area contributed by atoms with Gasteiger partial charge in [0.05, 0.1) is 11.8 Å². The Labute approximate surface area is 107 Å². The Hall–Kier alpha value is -0.550. The third-order valence-electron chi connectivity index (χ3n) is 2.31. The Morgan fingerprint density at radius 3 is 2.81 bits per heavy atom. The summed E-state index contributed by atoms with van der Waals surface area (Å²) in [6, 6.07) is 6.56. The molecule has 2 nitrogen and oxygen atoms in total. The smallest absolute Gasteiger partial charge is 0.268 e. The summed E-state index contributed by atoms with van der Waals surface area (Å²) in [4.78, 5) is 3.30. The first-order valence-electron chi connectivity index (χ1n) is 5.09. The van der Waals surface area contributed by atoms with Gasteiger partial charge in [0.1, 0.15) is 12.4 Å². The molecule has 0 aromatic heterocycles. The molecule has 1 aromatic carbocycles. The van der Waals surface area contributed by atoms with Gasteiger partial charge in [0.2, 0.25) is 0 Å². The monoisotopic (exact) mass is 303 g/mol. The highest BCUT2D eigenvalue weighted by atomic mass is 79.9. The zero-order chi connectivity index (χ0) is 11.4. The van der Waals surface area contributed by atoms with Crippen molar-refractivity contribution in [1.82, 2.24) is 5.32 Å². The Morgan fingerprint density at radius 2 is 2.19 bits per heavy atom. The van der Waals surface area contributed by atoms with Gasteiger partial charge >= 0.3 is 5.17 Å². The predicted octanol–water partition coefficient (Wildman–Crippen LogP) is 0.862. The van der Waals surface area contributed by atoms with E-state index in [1.807, 2.05) is 0 Å². The Kier molecular flexibility index (Phi) is 4.23. The lowest BCUT2D eigenvalue weighted by molar-refractivity contribution is -0.450. The van der Waals surface area contributed by atoms with Crippen molar-refractivity contribution in [3.63, 3.8) is 0 Å². The van der Waals surface area contributed by atoms with E-state index in [1.165, 1.54) is 12.1 Å². The van der Waals surface area contributed by atoms with Crippen molar-refractivity contribution in [3.8, 4) is 0 Å². The molecule has 1 heterocycles. The fourth-order valence-corrected chi connectivity index (χ4v) is 2.94. The lowest BCUT2D eigenvalue weighted by Crippen LogP contribution is -2.73. The third-order valence-corrected chi connectivity index (χ3v) is 4.71. The molecule has 1 aliphatic rings. The van der Waals surface area contributed by atoms with Crippen LogP contribution in [-0.2, 0) is 6.54 Å². The van der Waals surface area contributed by atoms with Gasteiger partial charge in [0, 0.05) is 5.33 Å². The predicted molar refractivity (Wildman–Crippen MR) is 69.2 cm³/mol. The average Bonchev–Trinajstić information content (AvgIpc) is 2.76. The Balaban J connectivity index is 1.82. The van der Waals surface area contributed by atoms with Crippen molar-refractivity contribution >= 4 is 32.9 Å². The highest BCUT2D eigenvalue weighted by Crippen LogP contribution is 2.13. The van der Waals surface area contributed by atoms with Gasteiger partial charge in [0.25, 0.3) is 0 Å². The SMILES string of the molecule is Fc1ccc(CNC2=[NH+]CC(CBr)S2)cc1. The second kappa shape index (κ2) is 5.68. The first kappa shape index (κ1) is 11.9. The minimum absolute atomic E-state index is 0.191. The summed E-state index contributed by atoms with van der Waals surface area (Å²) in [5.74, 6) is -0.191. The van der Waals surface area contributed by atoms with Crippen LogP contribution in [0.15, 0.2) is 24.3 Å².